The summed E-state index contributed by atoms with van der Waals surface area (Å²) in [6, 6.07) is 35.9. The summed E-state index contributed by atoms with van der Waals surface area (Å²) < 4.78 is 0. The van der Waals surface area contributed by atoms with Crippen LogP contribution in [0.25, 0.3) is 23.3 Å². The minimum absolute atomic E-state index is 1.15. The van der Waals surface area contributed by atoms with E-state index in [-0.39, 0.29) is 0 Å². The van der Waals surface area contributed by atoms with Gasteiger partial charge in [-0.3, -0.25) is 0 Å². The van der Waals surface area contributed by atoms with E-state index in [1.165, 1.54) is 31.9 Å². The fourth-order valence-corrected chi connectivity index (χ4v) is 9.90. The van der Waals surface area contributed by atoms with Gasteiger partial charge in [0.25, 0.3) is 0 Å². The molecule has 138 valence electrons. The third kappa shape index (κ3) is 2.51. The number of benzene rings is 4. The minimum atomic E-state index is -2.37. The normalized spacial score (nSPS) is 13.4. The predicted octanol–water partition coefficient (Wildman–Crippen LogP) is 4.33. The Hall–Kier alpha value is -3.42. The van der Waals surface area contributed by atoms with Crippen LogP contribution >= 0.6 is 0 Å². The second-order valence-electron chi connectivity index (χ2n) is 7.49. The average Bonchev–Trinajstić information content (AvgIpc) is 3.11. The van der Waals surface area contributed by atoms with Gasteiger partial charge in [-0.05, 0) is 43.0 Å². The first-order chi connectivity index (χ1) is 14.3. The van der Waals surface area contributed by atoms with Crippen LogP contribution in [0.2, 0.25) is 0 Å². The molecule has 0 aromatic heterocycles. The number of hydrogen-bond acceptors (Lipinski definition) is 0. The van der Waals surface area contributed by atoms with Crippen molar-refractivity contribution >= 4 is 41.0 Å². The second kappa shape index (κ2) is 6.88. The minimum Gasteiger partial charge on any atom is -0.0985 e. The molecule has 0 radical (unpaired) electrons. The highest BCUT2D eigenvalue weighted by atomic mass is 28.3. The lowest BCUT2D eigenvalue weighted by molar-refractivity contribution is 1.66. The summed E-state index contributed by atoms with van der Waals surface area (Å²) in [4.78, 5) is 0. The molecule has 0 N–H and O–H groups in total. The summed E-state index contributed by atoms with van der Waals surface area (Å²) in [5.74, 6) is 0. The predicted molar refractivity (Wildman–Crippen MR) is 129 cm³/mol. The topological polar surface area (TPSA) is 0 Å². The van der Waals surface area contributed by atoms with Gasteiger partial charge in [-0.2, -0.15) is 0 Å². The van der Waals surface area contributed by atoms with Crippen LogP contribution in [-0.2, 0) is 0 Å². The Morgan fingerprint density at radius 2 is 0.862 bits per heavy atom. The van der Waals surface area contributed by atoms with Gasteiger partial charge in [0.2, 0.25) is 0 Å². The van der Waals surface area contributed by atoms with Crippen molar-refractivity contribution in [2.24, 2.45) is 0 Å². The molecule has 0 amide bonds. The lowest BCUT2D eigenvalue weighted by atomic mass is 10.1. The van der Waals surface area contributed by atoms with Gasteiger partial charge in [0.05, 0.1) is 0 Å². The van der Waals surface area contributed by atoms with Gasteiger partial charge in [-0.1, -0.05) is 122 Å². The van der Waals surface area contributed by atoms with Crippen molar-refractivity contribution in [2.75, 3.05) is 0 Å². The quantitative estimate of drug-likeness (QED) is 0.403. The molecule has 0 unspecified atom stereocenters. The van der Waals surface area contributed by atoms with Crippen molar-refractivity contribution in [1.82, 2.24) is 0 Å². The monoisotopic (exact) mass is 386 g/mol. The van der Waals surface area contributed by atoms with Crippen molar-refractivity contribution in [3.8, 4) is 11.1 Å². The highest BCUT2D eigenvalue weighted by Crippen LogP contribution is 2.28. The molecule has 5 rings (SSSR count). The van der Waals surface area contributed by atoms with E-state index in [9.17, 15) is 0 Å². The van der Waals surface area contributed by atoms with E-state index in [1.54, 1.807) is 0 Å². The summed E-state index contributed by atoms with van der Waals surface area (Å²) in [7, 11) is -2.37. The molecule has 0 saturated carbocycles. The van der Waals surface area contributed by atoms with E-state index >= 15 is 0 Å². The fourth-order valence-electron chi connectivity index (χ4n) is 4.76. The molecule has 0 nitrogen and oxygen atoms in total. The Bertz CT molecular complexity index is 1110. The van der Waals surface area contributed by atoms with E-state index in [0.717, 1.165) is 11.1 Å². The Morgan fingerprint density at radius 3 is 1.24 bits per heavy atom. The van der Waals surface area contributed by atoms with Gasteiger partial charge < -0.3 is 0 Å². The molecule has 1 aliphatic rings. The number of fused-ring (bicyclic) bond motifs is 3. The average molecular weight is 387 g/mol. The van der Waals surface area contributed by atoms with E-state index in [1.807, 2.05) is 12.2 Å². The van der Waals surface area contributed by atoms with Crippen molar-refractivity contribution in [2.45, 2.75) is 0 Å². The largest absolute Gasteiger partial charge is 0.180 e. The maximum atomic E-state index is 3.93. The Kier molecular flexibility index (Phi) is 4.19. The smallest absolute Gasteiger partial charge is 0.0985 e. The van der Waals surface area contributed by atoms with Gasteiger partial charge in [-0.15, -0.1) is 0 Å². The maximum absolute atomic E-state index is 3.93. The van der Waals surface area contributed by atoms with Gasteiger partial charge >= 0.3 is 0 Å². The van der Waals surface area contributed by atoms with Crippen LogP contribution in [0.5, 0.6) is 0 Å². The highest BCUT2D eigenvalue weighted by Gasteiger charge is 2.48. The Labute approximate surface area is 173 Å². The molecule has 0 fully saturated rings. The number of rotatable bonds is 4. The fraction of sp³-hybridized carbons (Fsp3) is 0. The zero-order chi connectivity index (χ0) is 19.8. The molecular formula is C28H22Si. The highest BCUT2D eigenvalue weighted by molar-refractivity contribution is 7.22. The van der Waals surface area contributed by atoms with Gasteiger partial charge in [0.1, 0.15) is 0 Å². The van der Waals surface area contributed by atoms with Crippen LogP contribution in [0.3, 0.4) is 0 Å². The van der Waals surface area contributed by atoms with E-state index in [4.69, 9.17) is 0 Å². The van der Waals surface area contributed by atoms with E-state index in [2.05, 4.69) is 110 Å². The molecule has 0 saturated heterocycles. The van der Waals surface area contributed by atoms with Crippen LogP contribution in [0.15, 0.2) is 110 Å². The third-order valence-electron chi connectivity index (χ3n) is 6.11. The van der Waals surface area contributed by atoms with Crippen LogP contribution in [0.1, 0.15) is 11.1 Å². The van der Waals surface area contributed by atoms with Gasteiger partial charge in [-0.25, -0.2) is 0 Å². The molecule has 0 atom stereocenters. The van der Waals surface area contributed by atoms with Crippen molar-refractivity contribution in [3.63, 3.8) is 0 Å². The maximum Gasteiger partial charge on any atom is 0.180 e. The molecule has 0 bridgehead atoms. The molecule has 1 heterocycles. The Balaban J connectivity index is 1.90. The summed E-state index contributed by atoms with van der Waals surface area (Å²) in [5, 5.41) is 5.76. The third-order valence-corrected chi connectivity index (χ3v) is 11.0. The van der Waals surface area contributed by atoms with Crippen molar-refractivity contribution in [3.05, 3.63) is 121 Å². The lowest BCUT2D eigenvalue weighted by Gasteiger charge is -2.31. The number of hydrogen-bond donors (Lipinski definition) is 0. The zero-order valence-corrected chi connectivity index (χ0v) is 17.3. The summed E-state index contributed by atoms with van der Waals surface area (Å²) >= 11 is 0. The molecular weight excluding hydrogens is 364 g/mol. The summed E-state index contributed by atoms with van der Waals surface area (Å²) in [6.45, 7) is 7.85. The first-order valence-electron chi connectivity index (χ1n) is 9.94. The van der Waals surface area contributed by atoms with Gasteiger partial charge in [0, 0.05) is 0 Å². The lowest BCUT2D eigenvalue weighted by Crippen LogP contribution is -2.72. The summed E-state index contributed by atoms with van der Waals surface area (Å²) in [6.07, 6.45) is 3.82. The molecule has 0 aliphatic carbocycles. The Morgan fingerprint density at radius 1 is 0.483 bits per heavy atom. The molecule has 29 heavy (non-hydrogen) atoms. The van der Waals surface area contributed by atoms with Crippen LogP contribution in [0.4, 0.5) is 0 Å². The second-order valence-corrected chi connectivity index (χ2v) is 11.2. The van der Waals surface area contributed by atoms with E-state index in [0.29, 0.717) is 0 Å². The zero-order valence-electron chi connectivity index (χ0n) is 16.3. The van der Waals surface area contributed by atoms with Crippen LogP contribution in [-0.4, -0.2) is 8.07 Å². The molecule has 1 heteroatoms. The van der Waals surface area contributed by atoms with Crippen molar-refractivity contribution < 1.29 is 0 Å². The molecule has 1 aliphatic heterocycles. The van der Waals surface area contributed by atoms with Crippen LogP contribution in [0, 0.1) is 0 Å². The van der Waals surface area contributed by atoms with Gasteiger partial charge in [0.15, 0.2) is 8.07 Å². The SMILES string of the molecule is C=Cc1ccc([Si]2(c3ccc(C=C)cc3)c3ccccc3-c3ccccc32)cc1. The molecule has 4 aromatic rings. The first kappa shape index (κ1) is 17.7. The molecule has 4 aromatic carbocycles. The first-order valence-corrected chi connectivity index (χ1v) is 11.9. The van der Waals surface area contributed by atoms with Crippen LogP contribution < -0.4 is 20.7 Å². The standard InChI is InChI=1S/C28H22Si/c1-3-21-13-17-23(18-14-21)29(24-19-15-22(4-2)16-20-24)27-11-7-5-9-25(27)26-10-6-8-12-28(26)29/h3-20H,1-2H2. The van der Waals surface area contributed by atoms with Crippen molar-refractivity contribution in [1.29, 1.82) is 0 Å². The summed E-state index contributed by atoms with van der Waals surface area (Å²) in [5.41, 5.74) is 5.05. The molecule has 0 spiro atoms. The van der Waals surface area contributed by atoms with E-state index < -0.39 is 8.07 Å².